The molecule has 2 N–H and O–H groups in total. The van der Waals surface area contributed by atoms with Crippen molar-refractivity contribution in [1.29, 1.82) is 0 Å². The SMILES string of the molecule is CCNc1cc(NC2CCC(SC)CC2)ncn1. The molecule has 0 spiro atoms. The summed E-state index contributed by atoms with van der Waals surface area (Å²) in [4.78, 5) is 8.47. The molecule has 2 rings (SSSR count). The zero-order chi connectivity index (χ0) is 12.8. The van der Waals surface area contributed by atoms with Gasteiger partial charge in [-0.1, -0.05) is 0 Å². The van der Waals surface area contributed by atoms with E-state index in [4.69, 9.17) is 0 Å². The Morgan fingerprint density at radius 3 is 2.61 bits per heavy atom. The van der Waals surface area contributed by atoms with Gasteiger partial charge in [0, 0.05) is 23.9 Å². The molecule has 1 aromatic rings. The number of nitrogens with one attached hydrogen (secondary N) is 2. The van der Waals surface area contributed by atoms with Gasteiger partial charge in [0.1, 0.15) is 18.0 Å². The average molecular weight is 266 g/mol. The number of rotatable bonds is 5. The van der Waals surface area contributed by atoms with Gasteiger partial charge < -0.3 is 10.6 Å². The van der Waals surface area contributed by atoms with Gasteiger partial charge in [0.05, 0.1) is 0 Å². The highest BCUT2D eigenvalue weighted by molar-refractivity contribution is 7.99. The van der Waals surface area contributed by atoms with Crippen molar-refractivity contribution in [3.05, 3.63) is 12.4 Å². The predicted octanol–water partition coefficient (Wildman–Crippen LogP) is 2.99. The molecule has 0 aliphatic heterocycles. The lowest BCUT2D eigenvalue weighted by Gasteiger charge is -2.28. The number of thioether (sulfide) groups is 1. The van der Waals surface area contributed by atoms with Crippen LogP contribution >= 0.6 is 11.8 Å². The second-order valence-electron chi connectivity index (χ2n) is 4.67. The Labute approximate surface area is 113 Å². The fourth-order valence-corrected chi connectivity index (χ4v) is 3.11. The smallest absolute Gasteiger partial charge is 0.131 e. The Kier molecular flexibility index (Phi) is 5.11. The van der Waals surface area contributed by atoms with Crippen LogP contribution in [-0.2, 0) is 0 Å². The molecule has 1 aromatic heterocycles. The van der Waals surface area contributed by atoms with Crippen LogP contribution in [0.2, 0.25) is 0 Å². The van der Waals surface area contributed by atoms with Crippen molar-refractivity contribution in [2.75, 3.05) is 23.4 Å². The summed E-state index contributed by atoms with van der Waals surface area (Å²) in [5.74, 6) is 1.83. The van der Waals surface area contributed by atoms with Crippen LogP contribution in [-0.4, -0.2) is 34.1 Å². The highest BCUT2D eigenvalue weighted by Crippen LogP contribution is 2.28. The van der Waals surface area contributed by atoms with Gasteiger partial charge in [-0.05, 0) is 38.9 Å². The summed E-state index contributed by atoms with van der Waals surface area (Å²) in [6.07, 6.45) is 8.94. The van der Waals surface area contributed by atoms with Crippen LogP contribution in [0.15, 0.2) is 12.4 Å². The molecule has 0 bridgehead atoms. The monoisotopic (exact) mass is 266 g/mol. The third-order valence-corrected chi connectivity index (χ3v) is 4.52. The van der Waals surface area contributed by atoms with E-state index >= 15 is 0 Å². The second kappa shape index (κ2) is 6.83. The normalized spacial score (nSPS) is 23.7. The molecular weight excluding hydrogens is 244 g/mol. The van der Waals surface area contributed by atoms with Crippen molar-refractivity contribution < 1.29 is 0 Å². The summed E-state index contributed by atoms with van der Waals surface area (Å²) in [6.45, 7) is 2.95. The first-order valence-corrected chi connectivity index (χ1v) is 7.96. The molecule has 4 nitrogen and oxygen atoms in total. The molecule has 0 saturated heterocycles. The first-order valence-electron chi connectivity index (χ1n) is 6.67. The van der Waals surface area contributed by atoms with Gasteiger partial charge in [-0.3, -0.25) is 0 Å². The quantitative estimate of drug-likeness (QED) is 0.858. The predicted molar refractivity (Wildman–Crippen MR) is 79.4 cm³/mol. The van der Waals surface area contributed by atoms with Crippen LogP contribution in [0.1, 0.15) is 32.6 Å². The lowest BCUT2D eigenvalue weighted by Crippen LogP contribution is -2.27. The van der Waals surface area contributed by atoms with Crippen LogP contribution in [0.25, 0.3) is 0 Å². The summed E-state index contributed by atoms with van der Waals surface area (Å²) in [6, 6.07) is 2.56. The molecule has 0 aromatic carbocycles. The minimum Gasteiger partial charge on any atom is -0.370 e. The van der Waals surface area contributed by atoms with Crippen molar-refractivity contribution >= 4 is 23.4 Å². The van der Waals surface area contributed by atoms with Crippen LogP contribution in [0.5, 0.6) is 0 Å². The van der Waals surface area contributed by atoms with Crippen LogP contribution < -0.4 is 10.6 Å². The molecule has 0 radical (unpaired) electrons. The van der Waals surface area contributed by atoms with Crippen LogP contribution in [0.3, 0.4) is 0 Å². The van der Waals surface area contributed by atoms with Crippen molar-refractivity contribution in [1.82, 2.24) is 9.97 Å². The molecule has 0 amide bonds. The summed E-state index contributed by atoms with van der Waals surface area (Å²) >= 11 is 2.00. The Morgan fingerprint density at radius 1 is 1.22 bits per heavy atom. The largest absolute Gasteiger partial charge is 0.370 e. The van der Waals surface area contributed by atoms with Gasteiger partial charge >= 0.3 is 0 Å². The number of hydrogen-bond donors (Lipinski definition) is 2. The van der Waals surface area contributed by atoms with Gasteiger partial charge in [0.2, 0.25) is 0 Å². The molecule has 1 aliphatic rings. The molecule has 18 heavy (non-hydrogen) atoms. The summed E-state index contributed by atoms with van der Waals surface area (Å²) in [5.41, 5.74) is 0. The number of hydrogen-bond acceptors (Lipinski definition) is 5. The summed E-state index contributed by atoms with van der Waals surface area (Å²) < 4.78 is 0. The van der Waals surface area contributed by atoms with Gasteiger partial charge in [-0.2, -0.15) is 11.8 Å². The molecule has 1 aliphatic carbocycles. The first-order chi connectivity index (χ1) is 8.81. The molecule has 1 heterocycles. The van der Waals surface area contributed by atoms with Gasteiger partial charge in [0.25, 0.3) is 0 Å². The fraction of sp³-hybridized carbons (Fsp3) is 0.692. The van der Waals surface area contributed by atoms with Crippen molar-refractivity contribution in [3.63, 3.8) is 0 Å². The maximum absolute atomic E-state index is 4.29. The fourth-order valence-electron chi connectivity index (χ4n) is 2.37. The van der Waals surface area contributed by atoms with Crippen LogP contribution in [0.4, 0.5) is 11.6 Å². The Bertz CT molecular complexity index is 364. The molecule has 0 atom stereocenters. The molecular formula is C13H22N4S. The maximum atomic E-state index is 4.29. The van der Waals surface area contributed by atoms with E-state index < -0.39 is 0 Å². The molecule has 1 fully saturated rings. The third kappa shape index (κ3) is 3.77. The lowest BCUT2D eigenvalue weighted by atomic mass is 9.95. The minimum absolute atomic E-state index is 0.567. The Hall–Kier alpha value is -0.970. The Morgan fingerprint density at radius 2 is 1.94 bits per heavy atom. The molecule has 5 heteroatoms. The van der Waals surface area contributed by atoms with Crippen molar-refractivity contribution in [2.45, 2.75) is 43.9 Å². The Balaban J connectivity index is 1.87. The van der Waals surface area contributed by atoms with Gasteiger partial charge in [-0.25, -0.2) is 9.97 Å². The van der Waals surface area contributed by atoms with Gasteiger partial charge in [0.15, 0.2) is 0 Å². The van der Waals surface area contributed by atoms with E-state index in [1.807, 2.05) is 17.8 Å². The van der Waals surface area contributed by atoms with Crippen LogP contribution in [0, 0.1) is 0 Å². The zero-order valence-electron chi connectivity index (χ0n) is 11.1. The van der Waals surface area contributed by atoms with E-state index in [0.717, 1.165) is 23.4 Å². The maximum Gasteiger partial charge on any atom is 0.131 e. The van der Waals surface area contributed by atoms with Crippen molar-refractivity contribution in [2.24, 2.45) is 0 Å². The summed E-state index contributed by atoms with van der Waals surface area (Å²) in [5, 5.41) is 7.58. The molecule has 1 saturated carbocycles. The number of anilines is 2. The molecule has 0 unspecified atom stereocenters. The molecule has 100 valence electrons. The number of aromatic nitrogens is 2. The second-order valence-corrected chi connectivity index (χ2v) is 5.81. The van der Waals surface area contributed by atoms with E-state index in [1.54, 1.807) is 6.33 Å². The van der Waals surface area contributed by atoms with E-state index in [9.17, 15) is 0 Å². The lowest BCUT2D eigenvalue weighted by molar-refractivity contribution is 0.472. The third-order valence-electron chi connectivity index (χ3n) is 3.38. The number of nitrogens with zero attached hydrogens (tertiary/aromatic N) is 2. The van der Waals surface area contributed by atoms with E-state index in [0.29, 0.717) is 6.04 Å². The zero-order valence-corrected chi connectivity index (χ0v) is 12.0. The van der Waals surface area contributed by atoms with Crippen molar-refractivity contribution in [3.8, 4) is 0 Å². The average Bonchev–Trinajstić information content (AvgIpc) is 2.40. The highest BCUT2D eigenvalue weighted by atomic mass is 32.2. The first kappa shape index (κ1) is 13.5. The standard InChI is InChI=1S/C13H22N4S/c1-3-14-12-8-13(16-9-15-12)17-10-4-6-11(18-2)7-5-10/h8-11H,3-7H2,1-2H3,(H2,14,15,16,17). The summed E-state index contributed by atoms with van der Waals surface area (Å²) in [7, 11) is 0. The topological polar surface area (TPSA) is 49.8 Å². The highest BCUT2D eigenvalue weighted by Gasteiger charge is 2.20. The van der Waals surface area contributed by atoms with Gasteiger partial charge in [-0.15, -0.1) is 0 Å². The van der Waals surface area contributed by atoms with E-state index in [-0.39, 0.29) is 0 Å². The van der Waals surface area contributed by atoms with E-state index in [1.165, 1.54) is 25.7 Å². The van der Waals surface area contributed by atoms with E-state index in [2.05, 4.69) is 33.8 Å². The minimum atomic E-state index is 0.567.